The topological polar surface area (TPSA) is 94.5 Å². The van der Waals surface area contributed by atoms with Crippen LogP contribution in [0.15, 0.2) is 72.8 Å². The molecule has 37 heavy (non-hydrogen) atoms. The van der Waals surface area contributed by atoms with Crippen LogP contribution in [0.25, 0.3) is 0 Å². The van der Waals surface area contributed by atoms with Crippen molar-refractivity contribution in [2.24, 2.45) is 0 Å². The van der Waals surface area contributed by atoms with Crippen molar-refractivity contribution >= 4 is 35.8 Å². The number of carbonyl (C=O) groups excluding carboxylic acids is 2. The first kappa shape index (κ1) is 27.7. The Morgan fingerprint density at radius 3 is 2.57 bits per heavy atom. The van der Waals surface area contributed by atoms with Crippen LogP contribution in [0.3, 0.4) is 0 Å². The van der Waals surface area contributed by atoms with Gasteiger partial charge in [-0.2, -0.15) is 5.26 Å². The molecule has 3 aromatic rings. The number of amides is 2. The summed E-state index contributed by atoms with van der Waals surface area (Å²) in [5.41, 5.74) is 3.96. The van der Waals surface area contributed by atoms with Crippen molar-refractivity contribution in [2.75, 3.05) is 24.3 Å². The summed E-state index contributed by atoms with van der Waals surface area (Å²) in [6.45, 7) is 1.43. The second-order valence-electron chi connectivity index (χ2n) is 8.90. The van der Waals surface area contributed by atoms with Gasteiger partial charge in [0.1, 0.15) is 0 Å². The normalized spacial score (nSPS) is 15.1. The molecule has 192 valence electrons. The number of esters is 1. The molecule has 1 atom stereocenters. The molecule has 0 saturated carbocycles. The Hall–Kier alpha value is -3.86. The van der Waals surface area contributed by atoms with E-state index in [0.29, 0.717) is 35.1 Å². The van der Waals surface area contributed by atoms with E-state index < -0.39 is 12.0 Å². The molecule has 1 saturated heterocycles. The van der Waals surface area contributed by atoms with Crippen molar-refractivity contribution in [3.63, 3.8) is 0 Å². The number of nitriles is 1. The fourth-order valence-corrected chi connectivity index (χ4v) is 4.72. The van der Waals surface area contributed by atoms with Crippen LogP contribution in [-0.2, 0) is 17.7 Å². The number of anilines is 2. The van der Waals surface area contributed by atoms with Crippen LogP contribution in [0.1, 0.15) is 46.3 Å². The van der Waals surface area contributed by atoms with Gasteiger partial charge in [0, 0.05) is 29.5 Å². The minimum atomic E-state index is -0.451. The number of nitrogens with zero attached hydrogens (tertiary/aromatic N) is 2. The first-order chi connectivity index (χ1) is 17.6. The van der Waals surface area contributed by atoms with Crippen molar-refractivity contribution in [1.82, 2.24) is 4.90 Å². The Morgan fingerprint density at radius 2 is 1.81 bits per heavy atom. The molecule has 2 N–H and O–H groups in total. The summed E-state index contributed by atoms with van der Waals surface area (Å²) in [6.07, 6.45) is 4.26. The monoisotopic (exact) mass is 518 g/mol. The number of halogens is 1. The summed E-state index contributed by atoms with van der Waals surface area (Å²) in [5, 5.41) is 14.8. The molecule has 4 rings (SSSR count). The maximum absolute atomic E-state index is 12.8. The van der Waals surface area contributed by atoms with Gasteiger partial charge in [0.05, 0.1) is 24.3 Å². The van der Waals surface area contributed by atoms with E-state index in [1.807, 2.05) is 6.07 Å². The van der Waals surface area contributed by atoms with Crippen molar-refractivity contribution in [3.05, 3.63) is 95.1 Å². The predicted octanol–water partition coefficient (Wildman–Crippen LogP) is 6.01. The Balaban J connectivity index is 0.00000380. The number of benzene rings is 3. The summed E-state index contributed by atoms with van der Waals surface area (Å²) >= 11 is 0. The van der Waals surface area contributed by atoms with E-state index >= 15 is 0 Å². The summed E-state index contributed by atoms with van der Waals surface area (Å²) in [4.78, 5) is 27.9. The first-order valence-corrected chi connectivity index (χ1v) is 12.1. The summed E-state index contributed by atoms with van der Waals surface area (Å²) < 4.78 is 5.05. The fourth-order valence-electron chi connectivity index (χ4n) is 4.72. The van der Waals surface area contributed by atoms with E-state index in [4.69, 9.17) is 10.00 Å². The number of hydrogen-bond donors (Lipinski definition) is 2. The third kappa shape index (κ3) is 7.32. The second kappa shape index (κ2) is 13.4. The molecule has 1 aliphatic rings. The lowest BCUT2D eigenvalue weighted by Gasteiger charge is -2.36. The molecule has 1 aliphatic heterocycles. The van der Waals surface area contributed by atoms with Crippen LogP contribution in [-0.4, -0.2) is 36.6 Å². The Morgan fingerprint density at radius 1 is 1.03 bits per heavy atom. The largest absolute Gasteiger partial charge is 0.465 e. The number of nitrogens with one attached hydrogen (secondary N) is 2. The van der Waals surface area contributed by atoms with Gasteiger partial charge < -0.3 is 15.4 Å². The molecule has 1 fully saturated rings. The number of urea groups is 1. The smallest absolute Gasteiger partial charge is 0.338 e. The predicted molar refractivity (Wildman–Crippen MR) is 147 cm³/mol. The maximum Gasteiger partial charge on any atom is 0.338 e. The average molecular weight is 519 g/mol. The van der Waals surface area contributed by atoms with E-state index in [-0.39, 0.29) is 12.4 Å². The van der Waals surface area contributed by atoms with Crippen LogP contribution in [0, 0.1) is 11.3 Å². The van der Waals surface area contributed by atoms with Gasteiger partial charge in [0.25, 0.3) is 0 Å². The van der Waals surface area contributed by atoms with Crippen molar-refractivity contribution < 1.29 is 14.3 Å². The number of methoxy groups -OCH3 is 1. The third-order valence-electron chi connectivity index (χ3n) is 6.50. The molecule has 0 bridgehead atoms. The lowest BCUT2D eigenvalue weighted by molar-refractivity contribution is 0.0596. The van der Waals surface area contributed by atoms with Crippen LogP contribution in [0.5, 0.6) is 0 Å². The van der Waals surface area contributed by atoms with Gasteiger partial charge in [-0.1, -0.05) is 48.9 Å². The molecule has 1 unspecified atom stereocenters. The average Bonchev–Trinajstić information content (AvgIpc) is 2.91. The minimum Gasteiger partial charge on any atom is -0.465 e. The van der Waals surface area contributed by atoms with Gasteiger partial charge in [-0.05, 0) is 61.7 Å². The number of piperidine rings is 1. The van der Waals surface area contributed by atoms with E-state index in [0.717, 1.165) is 31.4 Å². The lowest BCUT2D eigenvalue weighted by atomic mass is 9.94. The van der Waals surface area contributed by atoms with Crippen LogP contribution in [0.2, 0.25) is 0 Å². The standard InChI is InChI=1S/C29H30N4O3.ClH/c1-36-28(34)25-14-8-15-27(32-29(35)31-23-12-7-11-22(17-23)19-30)26(25)20-33-16-6-5-13-24(33)18-21-9-3-2-4-10-21;/h2-4,7-12,14-15,17,24H,5-6,13,16,18,20H2,1H3,(H2,31,32,35);1H. The number of ether oxygens (including phenoxy) is 1. The molecular formula is C29H31ClN4O3. The number of likely N-dealkylation sites (tertiary alicyclic amines) is 1. The highest BCUT2D eigenvalue weighted by atomic mass is 35.5. The van der Waals surface area contributed by atoms with Gasteiger partial charge >= 0.3 is 12.0 Å². The first-order valence-electron chi connectivity index (χ1n) is 12.1. The van der Waals surface area contributed by atoms with Crippen molar-refractivity contribution in [1.29, 1.82) is 5.26 Å². The molecule has 7 nitrogen and oxygen atoms in total. The quantitative estimate of drug-likeness (QED) is 0.374. The summed E-state index contributed by atoms with van der Waals surface area (Å²) in [6, 6.07) is 24.3. The molecule has 0 aliphatic carbocycles. The lowest BCUT2D eigenvalue weighted by Crippen LogP contribution is -2.40. The van der Waals surface area contributed by atoms with Gasteiger partial charge in [-0.15, -0.1) is 12.4 Å². The van der Waals surface area contributed by atoms with Crippen LogP contribution >= 0.6 is 12.4 Å². The second-order valence-corrected chi connectivity index (χ2v) is 8.90. The highest BCUT2D eigenvalue weighted by Crippen LogP contribution is 2.28. The maximum atomic E-state index is 12.8. The summed E-state index contributed by atoms with van der Waals surface area (Å²) in [5.74, 6) is -0.438. The SMILES string of the molecule is COC(=O)c1cccc(NC(=O)Nc2cccc(C#N)c2)c1CN1CCCCC1Cc1ccccc1.Cl. The third-order valence-corrected chi connectivity index (χ3v) is 6.50. The minimum absolute atomic E-state index is 0. The Labute approximate surface area is 223 Å². The van der Waals surface area contributed by atoms with Crippen LogP contribution in [0.4, 0.5) is 16.2 Å². The molecule has 8 heteroatoms. The number of rotatable bonds is 7. The van der Waals surface area contributed by atoms with Gasteiger partial charge in [-0.25, -0.2) is 9.59 Å². The fraction of sp³-hybridized carbons (Fsp3) is 0.276. The summed E-state index contributed by atoms with van der Waals surface area (Å²) in [7, 11) is 1.36. The molecular weight excluding hydrogens is 488 g/mol. The molecule has 0 aromatic heterocycles. The Bertz CT molecular complexity index is 1260. The Kier molecular flexibility index (Phi) is 10.1. The molecule has 3 aromatic carbocycles. The number of hydrogen-bond acceptors (Lipinski definition) is 5. The van der Waals surface area contributed by atoms with Crippen LogP contribution < -0.4 is 10.6 Å². The molecule has 0 spiro atoms. The molecule has 0 radical (unpaired) electrons. The van der Waals surface area contributed by atoms with E-state index in [9.17, 15) is 9.59 Å². The zero-order valence-corrected chi connectivity index (χ0v) is 21.6. The molecule has 2 amide bonds. The van der Waals surface area contributed by atoms with E-state index in [2.05, 4.69) is 45.9 Å². The molecule has 1 heterocycles. The van der Waals surface area contributed by atoms with E-state index in [1.54, 1.807) is 42.5 Å². The van der Waals surface area contributed by atoms with Crippen molar-refractivity contribution in [3.8, 4) is 6.07 Å². The van der Waals surface area contributed by atoms with Gasteiger partial charge in [-0.3, -0.25) is 4.90 Å². The zero-order valence-electron chi connectivity index (χ0n) is 20.8. The van der Waals surface area contributed by atoms with E-state index in [1.165, 1.54) is 19.1 Å². The zero-order chi connectivity index (χ0) is 25.3. The highest BCUT2D eigenvalue weighted by Gasteiger charge is 2.26. The van der Waals surface area contributed by atoms with Gasteiger partial charge in [0.2, 0.25) is 0 Å². The van der Waals surface area contributed by atoms with Gasteiger partial charge in [0.15, 0.2) is 0 Å². The highest BCUT2D eigenvalue weighted by molar-refractivity contribution is 6.02. The number of carbonyl (C=O) groups is 2. The van der Waals surface area contributed by atoms with Crippen molar-refractivity contribution in [2.45, 2.75) is 38.3 Å².